The second-order valence-corrected chi connectivity index (χ2v) is 3.93. The molecule has 0 atom stereocenters. The molecular weight excluding hydrogens is 212 g/mol. The third-order valence-corrected chi connectivity index (χ3v) is 2.49. The first-order valence-electron chi connectivity index (χ1n) is 6.26. The monoisotopic (exact) mass is 234 g/mol. The maximum Gasteiger partial charge on any atom is 0.120 e. The Morgan fingerprint density at radius 1 is 1.24 bits per heavy atom. The average Bonchev–Trinajstić information content (AvgIpc) is 2.35. The van der Waals surface area contributed by atoms with E-state index in [4.69, 9.17) is 9.47 Å². The highest BCUT2D eigenvalue weighted by Crippen LogP contribution is 2.22. The molecule has 0 aliphatic rings. The minimum Gasteiger partial charge on any atom is -0.491 e. The van der Waals surface area contributed by atoms with E-state index >= 15 is 0 Å². The topological polar surface area (TPSA) is 18.5 Å². The van der Waals surface area contributed by atoms with E-state index in [9.17, 15) is 0 Å². The molecule has 94 valence electrons. The summed E-state index contributed by atoms with van der Waals surface area (Å²) in [5.41, 5.74) is 2.34. The van der Waals surface area contributed by atoms with Crippen LogP contribution in [0.4, 0.5) is 0 Å². The van der Waals surface area contributed by atoms with Crippen LogP contribution in [-0.2, 0) is 4.74 Å². The lowest BCUT2D eigenvalue weighted by Crippen LogP contribution is -2.06. The van der Waals surface area contributed by atoms with Crippen LogP contribution in [0.25, 0.3) is 5.57 Å². The first-order chi connectivity index (χ1) is 8.27. The van der Waals surface area contributed by atoms with Gasteiger partial charge in [-0.2, -0.15) is 0 Å². The SMILES string of the molecule is C=C(CCC)c1cccc(OCCOCC)c1. The maximum absolute atomic E-state index is 5.61. The van der Waals surface area contributed by atoms with Crippen LogP contribution in [-0.4, -0.2) is 19.8 Å². The summed E-state index contributed by atoms with van der Waals surface area (Å²) in [6, 6.07) is 8.10. The van der Waals surface area contributed by atoms with E-state index in [2.05, 4.69) is 19.6 Å². The summed E-state index contributed by atoms with van der Waals surface area (Å²) in [4.78, 5) is 0. The van der Waals surface area contributed by atoms with Crippen molar-refractivity contribution in [1.82, 2.24) is 0 Å². The van der Waals surface area contributed by atoms with Crippen LogP contribution in [0.1, 0.15) is 32.3 Å². The fourth-order valence-electron chi connectivity index (χ4n) is 1.61. The summed E-state index contributed by atoms with van der Waals surface area (Å²) < 4.78 is 10.8. The Hall–Kier alpha value is -1.28. The van der Waals surface area contributed by atoms with Crippen molar-refractivity contribution in [2.45, 2.75) is 26.7 Å². The highest BCUT2D eigenvalue weighted by atomic mass is 16.5. The van der Waals surface area contributed by atoms with E-state index in [-0.39, 0.29) is 0 Å². The maximum atomic E-state index is 5.61. The van der Waals surface area contributed by atoms with Crippen molar-refractivity contribution < 1.29 is 9.47 Å². The van der Waals surface area contributed by atoms with Crippen LogP contribution in [0.3, 0.4) is 0 Å². The lowest BCUT2D eigenvalue weighted by molar-refractivity contribution is 0.110. The zero-order valence-electron chi connectivity index (χ0n) is 10.9. The predicted octanol–water partition coefficient (Wildman–Crippen LogP) is 3.92. The molecule has 0 aromatic heterocycles. The molecule has 0 radical (unpaired) electrons. The van der Waals surface area contributed by atoms with Crippen molar-refractivity contribution in [3.63, 3.8) is 0 Å². The van der Waals surface area contributed by atoms with E-state index in [0.717, 1.165) is 25.2 Å². The quantitative estimate of drug-likeness (QED) is 0.635. The van der Waals surface area contributed by atoms with Gasteiger partial charge in [-0.15, -0.1) is 0 Å². The van der Waals surface area contributed by atoms with Gasteiger partial charge in [0.05, 0.1) is 6.61 Å². The second kappa shape index (κ2) is 7.91. The molecule has 0 spiro atoms. The lowest BCUT2D eigenvalue weighted by atomic mass is 10.0. The minimum atomic E-state index is 0.595. The Morgan fingerprint density at radius 3 is 2.76 bits per heavy atom. The number of ether oxygens (including phenoxy) is 2. The minimum absolute atomic E-state index is 0.595. The lowest BCUT2D eigenvalue weighted by Gasteiger charge is -2.09. The van der Waals surface area contributed by atoms with Crippen LogP contribution in [0.2, 0.25) is 0 Å². The van der Waals surface area contributed by atoms with Crippen LogP contribution in [0.5, 0.6) is 5.75 Å². The van der Waals surface area contributed by atoms with Gasteiger partial charge in [0.1, 0.15) is 12.4 Å². The van der Waals surface area contributed by atoms with E-state index in [1.165, 1.54) is 11.1 Å². The van der Waals surface area contributed by atoms with Gasteiger partial charge in [0.25, 0.3) is 0 Å². The molecule has 0 amide bonds. The van der Waals surface area contributed by atoms with Gasteiger partial charge >= 0.3 is 0 Å². The van der Waals surface area contributed by atoms with Crippen LogP contribution in [0, 0.1) is 0 Å². The third kappa shape index (κ3) is 5.05. The molecule has 1 aromatic carbocycles. The number of benzene rings is 1. The van der Waals surface area contributed by atoms with Gasteiger partial charge in [0.15, 0.2) is 0 Å². The van der Waals surface area contributed by atoms with E-state index in [1.54, 1.807) is 0 Å². The smallest absolute Gasteiger partial charge is 0.120 e. The Bertz CT molecular complexity index is 345. The van der Waals surface area contributed by atoms with Gasteiger partial charge in [0, 0.05) is 6.61 Å². The second-order valence-electron chi connectivity index (χ2n) is 3.93. The third-order valence-electron chi connectivity index (χ3n) is 2.49. The Morgan fingerprint density at radius 2 is 2.06 bits per heavy atom. The molecule has 0 aliphatic heterocycles. The van der Waals surface area contributed by atoms with Gasteiger partial charge in [-0.1, -0.05) is 32.1 Å². The summed E-state index contributed by atoms with van der Waals surface area (Å²) in [6.07, 6.45) is 2.15. The Kier molecular flexibility index (Phi) is 6.41. The van der Waals surface area contributed by atoms with E-state index in [0.29, 0.717) is 13.2 Å². The molecule has 0 fully saturated rings. The summed E-state index contributed by atoms with van der Waals surface area (Å²) in [6.45, 7) is 10.2. The van der Waals surface area contributed by atoms with Gasteiger partial charge < -0.3 is 9.47 Å². The average molecular weight is 234 g/mol. The highest BCUT2D eigenvalue weighted by Gasteiger charge is 2.00. The highest BCUT2D eigenvalue weighted by molar-refractivity contribution is 5.64. The molecule has 0 aliphatic carbocycles. The molecule has 0 unspecified atom stereocenters. The van der Waals surface area contributed by atoms with Gasteiger partial charge in [-0.05, 0) is 36.6 Å². The van der Waals surface area contributed by atoms with Crippen LogP contribution in [0.15, 0.2) is 30.8 Å². The Balaban J connectivity index is 2.50. The summed E-state index contributed by atoms with van der Waals surface area (Å²) in [5.74, 6) is 0.888. The van der Waals surface area contributed by atoms with E-state index in [1.807, 2.05) is 25.1 Å². The summed E-state index contributed by atoms with van der Waals surface area (Å²) in [5, 5.41) is 0. The van der Waals surface area contributed by atoms with Crippen molar-refractivity contribution in [2.24, 2.45) is 0 Å². The number of hydrogen-bond donors (Lipinski definition) is 0. The molecule has 0 saturated carbocycles. The first-order valence-corrected chi connectivity index (χ1v) is 6.26. The van der Waals surface area contributed by atoms with Crippen molar-refractivity contribution >= 4 is 5.57 Å². The van der Waals surface area contributed by atoms with Crippen molar-refractivity contribution in [2.75, 3.05) is 19.8 Å². The fraction of sp³-hybridized carbons (Fsp3) is 0.467. The molecule has 2 nitrogen and oxygen atoms in total. The predicted molar refractivity (Wildman–Crippen MR) is 72.4 cm³/mol. The van der Waals surface area contributed by atoms with Gasteiger partial charge in [-0.3, -0.25) is 0 Å². The van der Waals surface area contributed by atoms with Crippen molar-refractivity contribution in [3.8, 4) is 5.75 Å². The molecule has 0 N–H and O–H groups in total. The molecule has 1 rings (SSSR count). The van der Waals surface area contributed by atoms with E-state index < -0.39 is 0 Å². The molecule has 17 heavy (non-hydrogen) atoms. The summed E-state index contributed by atoms with van der Waals surface area (Å²) in [7, 11) is 0. The zero-order valence-corrected chi connectivity index (χ0v) is 10.9. The van der Waals surface area contributed by atoms with Crippen LogP contribution < -0.4 is 4.74 Å². The first kappa shape index (κ1) is 13.8. The number of allylic oxidation sites excluding steroid dienone is 1. The van der Waals surface area contributed by atoms with Crippen molar-refractivity contribution in [3.05, 3.63) is 36.4 Å². The van der Waals surface area contributed by atoms with Gasteiger partial charge in [0.2, 0.25) is 0 Å². The molecule has 0 heterocycles. The number of rotatable bonds is 8. The standard InChI is InChI=1S/C15H22O2/c1-4-7-13(3)14-8-6-9-15(12-14)17-11-10-16-5-2/h6,8-9,12H,3-5,7,10-11H2,1-2H3. The van der Waals surface area contributed by atoms with Crippen molar-refractivity contribution in [1.29, 1.82) is 0 Å². The molecule has 2 heteroatoms. The molecule has 0 bridgehead atoms. The Labute approximate surface area is 104 Å². The molecule has 1 aromatic rings. The largest absolute Gasteiger partial charge is 0.491 e. The number of hydrogen-bond acceptors (Lipinski definition) is 2. The summed E-state index contributed by atoms with van der Waals surface area (Å²) >= 11 is 0. The fourth-order valence-corrected chi connectivity index (χ4v) is 1.61. The zero-order chi connectivity index (χ0) is 12.5. The molecular formula is C15H22O2. The normalized spacial score (nSPS) is 10.2. The van der Waals surface area contributed by atoms with Crippen LogP contribution >= 0.6 is 0 Å². The molecule has 0 saturated heterocycles. The van der Waals surface area contributed by atoms with Gasteiger partial charge in [-0.25, -0.2) is 0 Å².